The van der Waals surface area contributed by atoms with Crippen molar-refractivity contribution in [2.75, 3.05) is 6.61 Å². The van der Waals surface area contributed by atoms with Crippen molar-refractivity contribution < 1.29 is 9.53 Å². The summed E-state index contributed by atoms with van der Waals surface area (Å²) in [5.41, 5.74) is 0. The summed E-state index contributed by atoms with van der Waals surface area (Å²) in [5, 5.41) is 3.55. The minimum atomic E-state index is -0.00936. The predicted molar refractivity (Wildman–Crippen MR) is 80.3 cm³/mol. The van der Waals surface area contributed by atoms with Gasteiger partial charge in [-0.15, -0.1) is 0 Å². The minimum absolute atomic E-state index is 0.00936. The first kappa shape index (κ1) is 15.8. The van der Waals surface area contributed by atoms with Crippen LogP contribution in [-0.4, -0.2) is 41.8 Å². The molecule has 116 valence electrons. The monoisotopic (exact) mass is 282 g/mol. The van der Waals surface area contributed by atoms with E-state index < -0.39 is 0 Å². The molecule has 2 fully saturated rings. The Balaban J connectivity index is 2.01. The highest BCUT2D eigenvalue weighted by molar-refractivity contribution is 5.85. The van der Waals surface area contributed by atoms with E-state index in [-0.39, 0.29) is 12.2 Å². The minimum Gasteiger partial charge on any atom is -0.378 e. The Morgan fingerprint density at radius 2 is 1.95 bits per heavy atom. The van der Waals surface area contributed by atoms with Crippen LogP contribution in [0, 0.1) is 11.8 Å². The molecule has 1 amide bonds. The highest BCUT2D eigenvalue weighted by Gasteiger charge is 2.47. The SMILES string of the molecule is CCOC1CC(N2C(=O)C(C(C)C)NC2CC(C)C)C1. The molecule has 1 aliphatic carbocycles. The van der Waals surface area contributed by atoms with E-state index >= 15 is 0 Å². The Morgan fingerprint density at radius 1 is 1.30 bits per heavy atom. The van der Waals surface area contributed by atoms with Crippen LogP contribution in [0.3, 0.4) is 0 Å². The van der Waals surface area contributed by atoms with Crippen LogP contribution < -0.4 is 5.32 Å². The lowest BCUT2D eigenvalue weighted by atomic mass is 9.87. The zero-order valence-electron chi connectivity index (χ0n) is 13.6. The number of carbonyl (C=O) groups excluding carboxylic acids is 1. The third-order valence-corrected chi connectivity index (χ3v) is 4.46. The number of amides is 1. The molecule has 1 N–H and O–H groups in total. The first-order valence-corrected chi connectivity index (χ1v) is 8.13. The van der Waals surface area contributed by atoms with Crippen LogP contribution in [0.1, 0.15) is 53.9 Å². The fraction of sp³-hybridized carbons (Fsp3) is 0.938. The second kappa shape index (κ2) is 6.44. The average molecular weight is 282 g/mol. The molecule has 0 aromatic carbocycles. The molecule has 0 bridgehead atoms. The Bertz CT molecular complexity index is 337. The van der Waals surface area contributed by atoms with Crippen molar-refractivity contribution in [3.63, 3.8) is 0 Å². The van der Waals surface area contributed by atoms with Crippen molar-refractivity contribution in [3.8, 4) is 0 Å². The van der Waals surface area contributed by atoms with Gasteiger partial charge >= 0.3 is 0 Å². The van der Waals surface area contributed by atoms with Gasteiger partial charge in [0, 0.05) is 12.6 Å². The van der Waals surface area contributed by atoms with Crippen molar-refractivity contribution >= 4 is 5.91 Å². The zero-order valence-corrected chi connectivity index (χ0v) is 13.6. The van der Waals surface area contributed by atoms with Gasteiger partial charge in [0.1, 0.15) is 0 Å². The number of hydrogen-bond acceptors (Lipinski definition) is 3. The molecule has 1 aliphatic heterocycles. The predicted octanol–water partition coefficient (Wildman–Crippen LogP) is 2.38. The smallest absolute Gasteiger partial charge is 0.241 e. The molecular formula is C16H30N2O2. The Kier molecular flexibility index (Phi) is 5.08. The third kappa shape index (κ3) is 3.17. The van der Waals surface area contributed by atoms with Gasteiger partial charge in [-0.2, -0.15) is 0 Å². The molecule has 2 unspecified atom stereocenters. The molecule has 0 spiro atoms. The lowest BCUT2D eigenvalue weighted by Gasteiger charge is -2.43. The highest BCUT2D eigenvalue weighted by Crippen LogP contribution is 2.34. The average Bonchev–Trinajstić information content (AvgIpc) is 2.60. The van der Waals surface area contributed by atoms with E-state index in [0.717, 1.165) is 25.9 Å². The second-order valence-electron chi connectivity index (χ2n) is 6.98. The fourth-order valence-electron chi connectivity index (χ4n) is 3.35. The van der Waals surface area contributed by atoms with Crippen LogP contribution >= 0.6 is 0 Å². The van der Waals surface area contributed by atoms with E-state index in [2.05, 4.69) is 37.9 Å². The molecule has 1 saturated carbocycles. The van der Waals surface area contributed by atoms with Crippen molar-refractivity contribution in [1.82, 2.24) is 10.2 Å². The summed E-state index contributed by atoms with van der Waals surface area (Å²) < 4.78 is 5.64. The van der Waals surface area contributed by atoms with Crippen LogP contribution in [0.4, 0.5) is 0 Å². The number of carbonyl (C=O) groups is 1. The Morgan fingerprint density at radius 3 is 2.45 bits per heavy atom. The van der Waals surface area contributed by atoms with Crippen LogP contribution in [-0.2, 0) is 9.53 Å². The summed E-state index contributed by atoms with van der Waals surface area (Å²) in [6.45, 7) is 11.5. The van der Waals surface area contributed by atoms with Gasteiger partial charge in [0.25, 0.3) is 0 Å². The molecule has 2 atom stereocenters. The molecule has 2 aliphatic rings. The Labute approximate surface area is 123 Å². The molecule has 0 aromatic heterocycles. The number of nitrogens with one attached hydrogen (secondary N) is 1. The van der Waals surface area contributed by atoms with E-state index in [1.165, 1.54) is 0 Å². The highest BCUT2D eigenvalue weighted by atomic mass is 16.5. The van der Waals surface area contributed by atoms with E-state index in [9.17, 15) is 4.79 Å². The topological polar surface area (TPSA) is 41.6 Å². The van der Waals surface area contributed by atoms with Gasteiger partial charge in [-0.3, -0.25) is 10.1 Å². The molecule has 1 heterocycles. The molecule has 0 aromatic rings. The largest absolute Gasteiger partial charge is 0.378 e. The van der Waals surface area contributed by atoms with Crippen LogP contribution in [0.25, 0.3) is 0 Å². The quantitative estimate of drug-likeness (QED) is 0.813. The molecule has 4 heteroatoms. The van der Waals surface area contributed by atoms with Gasteiger partial charge in [0.05, 0.1) is 18.3 Å². The summed E-state index contributed by atoms with van der Waals surface area (Å²) in [7, 11) is 0. The van der Waals surface area contributed by atoms with E-state index in [4.69, 9.17) is 4.74 Å². The molecule has 2 rings (SSSR count). The summed E-state index contributed by atoms with van der Waals surface area (Å²) in [6.07, 6.45) is 3.60. The number of hydrogen-bond donors (Lipinski definition) is 1. The second-order valence-corrected chi connectivity index (χ2v) is 6.98. The van der Waals surface area contributed by atoms with E-state index in [1.54, 1.807) is 0 Å². The maximum Gasteiger partial charge on any atom is 0.241 e. The van der Waals surface area contributed by atoms with Crippen molar-refractivity contribution in [2.24, 2.45) is 11.8 Å². The lowest BCUT2D eigenvalue weighted by molar-refractivity contribution is -0.139. The Hall–Kier alpha value is -0.610. The molecule has 20 heavy (non-hydrogen) atoms. The summed E-state index contributed by atoms with van der Waals surface area (Å²) in [5.74, 6) is 1.24. The number of rotatable bonds is 6. The van der Waals surface area contributed by atoms with Crippen LogP contribution in [0.5, 0.6) is 0 Å². The first-order valence-electron chi connectivity index (χ1n) is 8.13. The zero-order chi connectivity index (χ0) is 14.9. The normalized spacial score (nSPS) is 34.1. The van der Waals surface area contributed by atoms with Gasteiger partial charge in [-0.1, -0.05) is 27.7 Å². The van der Waals surface area contributed by atoms with Gasteiger partial charge < -0.3 is 9.64 Å². The molecule has 0 radical (unpaired) electrons. The third-order valence-electron chi connectivity index (χ3n) is 4.46. The summed E-state index contributed by atoms with van der Waals surface area (Å²) in [6, 6.07) is 0.365. The van der Waals surface area contributed by atoms with Crippen LogP contribution in [0.2, 0.25) is 0 Å². The standard InChI is InChI=1S/C16H30N2O2/c1-6-20-13-8-12(9-13)18-14(7-10(2)3)17-15(11(4)5)16(18)19/h10-15,17H,6-9H2,1-5H3. The fourth-order valence-corrected chi connectivity index (χ4v) is 3.35. The number of nitrogens with zero attached hydrogens (tertiary/aromatic N) is 1. The molecular weight excluding hydrogens is 252 g/mol. The maximum absolute atomic E-state index is 12.7. The molecule has 1 saturated heterocycles. The summed E-state index contributed by atoms with van der Waals surface area (Å²) in [4.78, 5) is 14.8. The van der Waals surface area contributed by atoms with Crippen molar-refractivity contribution in [2.45, 2.75) is 78.2 Å². The molecule has 4 nitrogen and oxygen atoms in total. The lowest BCUT2D eigenvalue weighted by Crippen LogP contribution is -2.53. The van der Waals surface area contributed by atoms with Crippen LogP contribution in [0.15, 0.2) is 0 Å². The van der Waals surface area contributed by atoms with Crippen molar-refractivity contribution in [1.29, 1.82) is 0 Å². The summed E-state index contributed by atoms with van der Waals surface area (Å²) >= 11 is 0. The van der Waals surface area contributed by atoms with E-state index in [1.807, 2.05) is 6.92 Å². The maximum atomic E-state index is 12.7. The first-order chi connectivity index (χ1) is 9.43. The van der Waals surface area contributed by atoms with Gasteiger partial charge in [0.2, 0.25) is 5.91 Å². The van der Waals surface area contributed by atoms with Crippen molar-refractivity contribution in [3.05, 3.63) is 0 Å². The van der Waals surface area contributed by atoms with Gasteiger partial charge in [0.15, 0.2) is 0 Å². The van der Waals surface area contributed by atoms with Gasteiger partial charge in [-0.25, -0.2) is 0 Å². The van der Waals surface area contributed by atoms with Gasteiger partial charge in [-0.05, 0) is 38.0 Å². The van der Waals surface area contributed by atoms with E-state index in [0.29, 0.717) is 29.9 Å². The number of ether oxygens (including phenoxy) is 1.